The first-order valence-electron chi connectivity index (χ1n) is 24.0. The van der Waals surface area contributed by atoms with E-state index in [0.29, 0.717) is 91.0 Å². The standard InChI is InChI=1S/C27H32F3NO6S.C26H30F3NO6S/c1-17(32)18-13-19(27(28,29)30)15-20(14-18)38(34,35)31(5)23-11-7-6-9-22-21(23)10-8-12-24(22)36-16-25(33)37-26(2,3)4;1-16(31)17-12-18(26(27,28)29)14-19(13-17)37(33,34)30-22-10-6-5-8-21-20(22)9-7-11-23(21)35-15-24(32)36-25(2,3)4/h8,10,12-15,23H,6-7,9,11,16H2,1-5H3;7,9,11-14,22,30H,5-6,8,10,15H2,1-4H3. The molecule has 2 aliphatic carbocycles. The zero-order valence-electron chi connectivity index (χ0n) is 43.1. The number of hydrogen-bond acceptors (Lipinski definition) is 12. The molecule has 0 aromatic heterocycles. The quantitative estimate of drug-likeness (QED) is 0.0545. The molecule has 0 heterocycles. The Morgan fingerprint density at radius 3 is 1.48 bits per heavy atom. The lowest BCUT2D eigenvalue weighted by Crippen LogP contribution is -2.32. The Morgan fingerprint density at radius 2 is 1.03 bits per heavy atom. The maximum Gasteiger partial charge on any atom is 0.416 e. The number of carbonyl (C=O) groups excluding carboxylic acids is 4. The third-order valence-corrected chi connectivity index (χ3v) is 15.2. The number of Topliss-reactive ketones (excluding diaryl/α,β-unsaturated/α-hetero) is 2. The molecule has 0 amide bonds. The number of ether oxygens (including phenoxy) is 4. The Morgan fingerprint density at radius 1 is 0.600 bits per heavy atom. The van der Waals surface area contributed by atoms with E-state index < -0.39 is 100 Å². The van der Waals surface area contributed by atoms with Crippen LogP contribution in [-0.4, -0.2) is 76.1 Å². The first kappa shape index (κ1) is 60.0. The van der Waals surface area contributed by atoms with Gasteiger partial charge in [-0.3, -0.25) is 9.59 Å². The lowest BCUT2D eigenvalue weighted by atomic mass is 9.98. The summed E-state index contributed by atoms with van der Waals surface area (Å²) in [5, 5.41) is 0. The van der Waals surface area contributed by atoms with E-state index in [1.165, 1.54) is 7.05 Å². The molecule has 0 fully saturated rings. The Hall–Kier alpha value is -5.84. The maximum atomic E-state index is 13.6. The second-order valence-electron chi connectivity index (χ2n) is 20.2. The van der Waals surface area contributed by atoms with Gasteiger partial charge >= 0.3 is 24.3 Å². The van der Waals surface area contributed by atoms with Crippen LogP contribution in [0.4, 0.5) is 26.3 Å². The summed E-state index contributed by atoms with van der Waals surface area (Å²) in [7, 11) is -7.55. The Balaban J connectivity index is 0.000000277. The van der Waals surface area contributed by atoms with Crippen LogP contribution in [0.25, 0.3) is 0 Å². The molecule has 1 N–H and O–H groups in total. The van der Waals surface area contributed by atoms with Crippen molar-refractivity contribution in [3.05, 3.63) is 117 Å². The summed E-state index contributed by atoms with van der Waals surface area (Å²) in [5.74, 6) is -1.64. The normalized spacial score (nSPS) is 16.5. The molecule has 4 aromatic carbocycles. The van der Waals surface area contributed by atoms with E-state index in [2.05, 4.69) is 4.72 Å². The van der Waals surface area contributed by atoms with Crippen LogP contribution in [0.15, 0.2) is 82.6 Å². The number of hydrogen-bond donors (Lipinski definition) is 1. The number of fused-ring (bicyclic) bond motifs is 2. The molecule has 0 radical (unpaired) electrons. The summed E-state index contributed by atoms with van der Waals surface area (Å²) in [5.41, 5.74) is -1.78. The minimum atomic E-state index is -4.83. The molecular weight excluding hydrogens is 1030 g/mol. The summed E-state index contributed by atoms with van der Waals surface area (Å²) in [6.45, 7) is 11.9. The summed E-state index contributed by atoms with van der Waals surface area (Å²) >= 11 is 0. The van der Waals surface area contributed by atoms with Crippen molar-refractivity contribution >= 4 is 43.6 Å². The van der Waals surface area contributed by atoms with E-state index in [1.807, 2.05) is 0 Å². The fraction of sp³-hybridized carbons (Fsp3) is 0.472. The molecule has 0 saturated heterocycles. The van der Waals surface area contributed by atoms with E-state index in [0.717, 1.165) is 48.7 Å². The smallest absolute Gasteiger partial charge is 0.416 e. The lowest BCUT2D eigenvalue weighted by molar-refractivity contribution is -0.158. The first-order valence-corrected chi connectivity index (χ1v) is 26.9. The number of alkyl halides is 6. The zero-order chi connectivity index (χ0) is 56.1. The number of ketones is 2. The molecule has 0 bridgehead atoms. The van der Waals surface area contributed by atoms with Gasteiger partial charge in [0.1, 0.15) is 22.7 Å². The minimum Gasteiger partial charge on any atom is -0.482 e. The van der Waals surface area contributed by atoms with Gasteiger partial charge in [-0.2, -0.15) is 30.6 Å². The van der Waals surface area contributed by atoms with Crippen molar-refractivity contribution in [2.75, 3.05) is 20.3 Å². The van der Waals surface area contributed by atoms with Gasteiger partial charge in [0.05, 0.1) is 27.0 Å². The number of nitrogens with zero attached hydrogens (tertiary/aromatic N) is 1. The van der Waals surface area contributed by atoms with E-state index in [9.17, 15) is 62.4 Å². The average molecular weight is 1100 g/mol. The molecule has 14 nitrogen and oxygen atoms in total. The zero-order valence-corrected chi connectivity index (χ0v) is 44.7. The van der Waals surface area contributed by atoms with Crippen LogP contribution < -0.4 is 14.2 Å². The number of esters is 2. The van der Waals surface area contributed by atoms with Crippen LogP contribution in [0, 0.1) is 0 Å². The highest BCUT2D eigenvalue weighted by Crippen LogP contribution is 2.41. The van der Waals surface area contributed by atoms with Crippen LogP contribution in [0.2, 0.25) is 0 Å². The SMILES string of the molecule is CC(=O)c1cc(C(F)(F)F)cc(S(=O)(=O)N(C)C2CCCCc3c(OCC(=O)OC(C)(C)C)cccc32)c1.CC(=O)c1cc(C(F)(F)F)cc(S(=O)(=O)NC2CCCCc3c(OCC(=O)OC(C)(C)C)cccc32)c1. The van der Waals surface area contributed by atoms with Crippen LogP contribution in [-0.2, 0) is 64.3 Å². The first-order chi connectivity index (χ1) is 34.6. The average Bonchev–Trinajstić information content (AvgIpc) is 3.64. The predicted octanol–water partition coefficient (Wildman–Crippen LogP) is 11.1. The van der Waals surface area contributed by atoms with E-state index in [-0.39, 0.29) is 24.3 Å². The van der Waals surface area contributed by atoms with E-state index in [4.69, 9.17) is 18.9 Å². The predicted molar refractivity (Wildman–Crippen MR) is 264 cm³/mol. The molecule has 2 atom stereocenters. The summed E-state index contributed by atoms with van der Waals surface area (Å²) < 4.78 is 160. The molecule has 2 aliphatic rings. The molecule has 2 unspecified atom stereocenters. The highest BCUT2D eigenvalue weighted by molar-refractivity contribution is 7.89. The van der Waals surface area contributed by atoms with Crippen LogP contribution in [0.5, 0.6) is 11.5 Å². The van der Waals surface area contributed by atoms with Gasteiger partial charge in [-0.25, -0.2) is 31.1 Å². The third kappa shape index (κ3) is 16.3. The maximum absolute atomic E-state index is 13.6. The van der Waals surface area contributed by atoms with E-state index >= 15 is 0 Å². The lowest BCUT2D eigenvalue weighted by Gasteiger charge is -2.29. The largest absolute Gasteiger partial charge is 0.482 e. The van der Waals surface area contributed by atoms with Gasteiger partial charge in [0.25, 0.3) is 0 Å². The summed E-state index contributed by atoms with van der Waals surface area (Å²) in [6, 6.07) is 13.0. The highest BCUT2D eigenvalue weighted by Gasteiger charge is 2.38. The fourth-order valence-corrected chi connectivity index (χ4v) is 11.3. The summed E-state index contributed by atoms with van der Waals surface area (Å²) in [4.78, 5) is 46.7. The van der Waals surface area contributed by atoms with Gasteiger partial charge in [0.2, 0.25) is 20.0 Å². The third-order valence-electron chi connectivity index (χ3n) is 11.9. The van der Waals surface area contributed by atoms with E-state index in [1.54, 1.807) is 77.9 Å². The molecule has 0 saturated carbocycles. The molecular formula is C53H62F6N2O12S2. The van der Waals surface area contributed by atoms with Gasteiger partial charge in [-0.1, -0.05) is 37.1 Å². The molecule has 6 rings (SSSR count). The Kier molecular flexibility index (Phi) is 18.9. The monoisotopic (exact) mass is 1100 g/mol. The molecule has 0 aliphatic heterocycles. The molecule has 410 valence electrons. The number of sulfonamides is 2. The van der Waals surface area contributed by atoms with Crippen molar-refractivity contribution < 1.29 is 81.3 Å². The van der Waals surface area contributed by atoms with Gasteiger partial charge in [0, 0.05) is 24.2 Å². The number of halogens is 6. The van der Waals surface area contributed by atoms with Crippen molar-refractivity contribution in [3.8, 4) is 11.5 Å². The number of benzene rings is 4. The molecule has 75 heavy (non-hydrogen) atoms. The fourth-order valence-electron chi connectivity index (χ4n) is 8.55. The topological polar surface area (TPSA) is 189 Å². The van der Waals surface area contributed by atoms with Crippen molar-refractivity contribution in [2.24, 2.45) is 0 Å². The second kappa shape index (κ2) is 23.6. The minimum absolute atomic E-state index is 0.329. The number of rotatable bonds is 14. The van der Waals surface area contributed by atoms with Gasteiger partial charge in [-0.05, 0) is 165 Å². The highest BCUT2D eigenvalue weighted by atomic mass is 32.2. The summed E-state index contributed by atoms with van der Waals surface area (Å²) in [6.07, 6.45) is -4.94. The van der Waals surface area contributed by atoms with Crippen LogP contribution in [0.3, 0.4) is 0 Å². The van der Waals surface area contributed by atoms with Crippen molar-refractivity contribution in [1.82, 2.24) is 9.03 Å². The van der Waals surface area contributed by atoms with Gasteiger partial charge < -0.3 is 18.9 Å². The van der Waals surface area contributed by atoms with Gasteiger partial charge in [0.15, 0.2) is 24.8 Å². The Labute approximate surface area is 433 Å². The molecule has 4 aromatic rings. The van der Waals surface area contributed by atoms with Gasteiger partial charge in [-0.15, -0.1) is 0 Å². The molecule has 22 heteroatoms. The Bertz CT molecular complexity index is 3000. The number of nitrogens with one attached hydrogen (secondary N) is 1. The molecule has 0 spiro atoms. The van der Waals surface area contributed by atoms with Crippen molar-refractivity contribution in [2.45, 2.75) is 152 Å². The second-order valence-corrected chi connectivity index (χ2v) is 23.9. The van der Waals surface area contributed by atoms with Crippen LogP contribution >= 0.6 is 0 Å². The van der Waals surface area contributed by atoms with Crippen LogP contribution in [0.1, 0.15) is 160 Å². The van der Waals surface area contributed by atoms with Crippen molar-refractivity contribution in [1.29, 1.82) is 0 Å². The number of carbonyl (C=O) groups is 4. The van der Waals surface area contributed by atoms with Crippen molar-refractivity contribution in [3.63, 3.8) is 0 Å².